The SMILES string of the molecule is COc1ccc(NC(=O)N(C)CC2Cc3ccccc3CO2)cc1OC. The zero-order valence-electron chi connectivity index (χ0n) is 15.3. The predicted octanol–water partition coefficient (Wildman–Crippen LogP) is 3.31. The number of nitrogens with zero attached hydrogens (tertiary/aromatic N) is 1. The van der Waals surface area contributed by atoms with E-state index in [1.165, 1.54) is 11.1 Å². The summed E-state index contributed by atoms with van der Waals surface area (Å²) in [6, 6.07) is 13.3. The summed E-state index contributed by atoms with van der Waals surface area (Å²) in [6.07, 6.45) is 0.801. The number of anilines is 1. The molecule has 2 aromatic carbocycles. The number of fused-ring (bicyclic) bond motifs is 1. The van der Waals surface area contributed by atoms with E-state index in [0.29, 0.717) is 30.3 Å². The minimum absolute atomic E-state index is 0.00828. The minimum Gasteiger partial charge on any atom is -0.493 e. The zero-order valence-corrected chi connectivity index (χ0v) is 15.3. The second kappa shape index (κ2) is 8.10. The van der Waals surface area contributed by atoms with Gasteiger partial charge in [0.05, 0.1) is 26.9 Å². The van der Waals surface area contributed by atoms with E-state index in [4.69, 9.17) is 14.2 Å². The number of urea groups is 1. The Kier molecular flexibility index (Phi) is 5.63. The van der Waals surface area contributed by atoms with Crippen LogP contribution in [0.15, 0.2) is 42.5 Å². The van der Waals surface area contributed by atoms with Crippen LogP contribution in [0.3, 0.4) is 0 Å². The van der Waals surface area contributed by atoms with Gasteiger partial charge in [-0.05, 0) is 23.3 Å². The summed E-state index contributed by atoms with van der Waals surface area (Å²) in [7, 11) is 4.90. The largest absolute Gasteiger partial charge is 0.493 e. The van der Waals surface area contributed by atoms with E-state index in [0.717, 1.165) is 6.42 Å². The van der Waals surface area contributed by atoms with Crippen molar-refractivity contribution in [1.29, 1.82) is 0 Å². The van der Waals surface area contributed by atoms with Crippen LogP contribution in [-0.4, -0.2) is 44.8 Å². The average molecular weight is 356 g/mol. The van der Waals surface area contributed by atoms with Gasteiger partial charge in [0.1, 0.15) is 0 Å². The Morgan fingerprint density at radius 3 is 2.62 bits per heavy atom. The van der Waals surface area contributed by atoms with Crippen LogP contribution in [0.4, 0.5) is 10.5 Å². The predicted molar refractivity (Wildman–Crippen MR) is 99.9 cm³/mol. The van der Waals surface area contributed by atoms with Gasteiger partial charge in [0.15, 0.2) is 11.5 Å². The molecule has 2 aromatic rings. The molecule has 0 bridgehead atoms. The highest BCUT2D eigenvalue weighted by molar-refractivity contribution is 5.89. The molecule has 0 saturated carbocycles. The van der Waals surface area contributed by atoms with Crippen LogP contribution >= 0.6 is 0 Å². The maximum atomic E-state index is 12.5. The number of ether oxygens (including phenoxy) is 3. The number of likely N-dealkylation sites (N-methyl/N-ethyl adjacent to an activating group) is 1. The normalized spacial score (nSPS) is 15.7. The first-order valence-corrected chi connectivity index (χ1v) is 8.53. The number of carbonyl (C=O) groups is 1. The molecular weight excluding hydrogens is 332 g/mol. The fraction of sp³-hybridized carbons (Fsp3) is 0.350. The van der Waals surface area contributed by atoms with Gasteiger partial charge in [-0.2, -0.15) is 0 Å². The van der Waals surface area contributed by atoms with Gasteiger partial charge in [-0.15, -0.1) is 0 Å². The Hall–Kier alpha value is -2.73. The summed E-state index contributed by atoms with van der Waals surface area (Å²) in [5.41, 5.74) is 3.16. The third-order valence-electron chi connectivity index (χ3n) is 4.50. The summed E-state index contributed by atoms with van der Waals surface area (Å²) in [5.74, 6) is 1.19. The number of methoxy groups -OCH3 is 2. The van der Waals surface area contributed by atoms with E-state index in [2.05, 4.69) is 17.4 Å². The first-order chi connectivity index (χ1) is 12.6. The van der Waals surface area contributed by atoms with Gasteiger partial charge in [-0.1, -0.05) is 24.3 Å². The Morgan fingerprint density at radius 2 is 1.88 bits per heavy atom. The number of nitrogens with one attached hydrogen (secondary N) is 1. The molecule has 1 N–H and O–H groups in total. The van der Waals surface area contributed by atoms with Crippen molar-refractivity contribution in [3.8, 4) is 11.5 Å². The molecule has 0 radical (unpaired) electrons. The number of carbonyl (C=O) groups excluding carboxylic acids is 1. The lowest BCUT2D eigenvalue weighted by Crippen LogP contribution is -2.40. The Morgan fingerprint density at radius 1 is 1.15 bits per heavy atom. The number of amides is 2. The molecule has 1 unspecified atom stereocenters. The number of benzene rings is 2. The Bertz CT molecular complexity index is 778. The first kappa shape index (κ1) is 18.1. The summed E-state index contributed by atoms with van der Waals surface area (Å²) < 4.78 is 16.4. The molecule has 6 heteroatoms. The van der Waals surface area contributed by atoms with E-state index >= 15 is 0 Å². The monoisotopic (exact) mass is 356 g/mol. The summed E-state index contributed by atoms with van der Waals surface area (Å²) in [4.78, 5) is 14.1. The minimum atomic E-state index is -0.195. The van der Waals surface area contributed by atoms with Crippen molar-refractivity contribution in [3.63, 3.8) is 0 Å². The fourth-order valence-corrected chi connectivity index (χ4v) is 3.05. The van der Waals surface area contributed by atoms with Gasteiger partial charge in [0, 0.05) is 31.8 Å². The van der Waals surface area contributed by atoms with E-state index in [1.807, 2.05) is 12.1 Å². The second-order valence-corrected chi connectivity index (χ2v) is 6.29. The van der Waals surface area contributed by atoms with Crippen LogP contribution in [0.25, 0.3) is 0 Å². The number of hydrogen-bond acceptors (Lipinski definition) is 4. The Balaban J connectivity index is 1.58. The van der Waals surface area contributed by atoms with Crippen molar-refractivity contribution in [3.05, 3.63) is 53.6 Å². The molecule has 2 amide bonds. The van der Waals surface area contributed by atoms with E-state index in [1.54, 1.807) is 44.4 Å². The smallest absolute Gasteiger partial charge is 0.321 e. The number of rotatable bonds is 5. The highest BCUT2D eigenvalue weighted by Crippen LogP contribution is 2.29. The topological polar surface area (TPSA) is 60.0 Å². The lowest BCUT2D eigenvalue weighted by Gasteiger charge is -2.29. The maximum Gasteiger partial charge on any atom is 0.321 e. The average Bonchev–Trinajstić information content (AvgIpc) is 2.67. The van der Waals surface area contributed by atoms with Crippen molar-refractivity contribution in [2.45, 2.75) is 19.1 Å². The van der Waals surface area contributed by atoms with Gasteiger partial charge in [-0.3, -0.25) is 0 Å². The first-order valence-electron chi connectivity index (χ1n) is 8.53. The summed E-state index contributed by atoms with van der Waals surface area (Å²) in [5, 5.41) is 2.87. The van der Waals surface area contributed by atoms with E-state index in [9.17, 15) is 4.79 Å². The molecule has 0 aromatic heterocycles. The molecule has 0 fully saturated rings. The van der Waals surface area contributed by atoms with E-state index in [-0.39, 0.29) is 12.1 Å². The van der Waals surface area contributed by atoms with Gasteiger partial charge in [0.2, 0.25) is 0 Å². The highest BCUT2D eigenvalue weighted by atomic mass is 16.5. The van der Waals surface area contributed by atoms with Gasteiger partial charge in [-0.25, -0.2) is 4.79 Å². The molecular formula is C20H24N2O4. The molecule has 0 saturated heterocycles. The molecule has 6 nitrogen and oxygen atoms in total. The van der Waals surface area contributed by atoms with Crippen molar-refractivity contribution >= 4 is 11.7 Å². The molecule has 1 aliphatic heterocycles. The molecule has 0 spiro atoms. The molecule has 26 heavy (non-hydrogen) atoms. The van der Waals surface area contributed by atoms with Crippen LogP contribution in [0.5, 0.6) is 11.5 Å². The van der Waals surface area contributed by atoms with Crippen LogP contribution in [0, 0.1) is 0 Å². The summed E-state index contributed by atoms with van der Waals surface area (Å²) in [6.45, 7) is 1.11. The summed E-state index contributed by atoms with van der Waals surface area (Å²) >= 11 is 0. The van der Waals surface area contributed by atoms with Crippen LogP contribution < -0.4 is 14.8 Å². The van der Waals surface area contributed by atoms with Crippen molar-refractivity contribution in [1.82, 2.24) is 4.90 Å². The lowest BCUT2D eigenvalue weighted by atomic mass is 9.99. The van der Waals surface area contributed by atoms with Gasteiger partial charge in [0.25, 0.3) is 0 Å². The van der Waals surface area contributed by atoms with Gasteiger partial charge >= 0.3 is 6.03 Å². The number of hydrogen-bond donors (Lipinski definition) is 1. The molecule has 1 atom stereocenters. The lowest BCUT2D eigenvalue weighted by molar-refractivity contribution is 0.0159. The second-order valence-electron chi connectivity index (χ2n) is 6.29. The molecule has 1 aliphatic rings. The molecule has 0 aliphatic carbocycles. The quantitative estimate of drug-likeness (QED) is 0.893. The van der Waals surface area contributed by atoms with Crippen LogP contribution in [-0.2, 0) is 17.8 Å². The molecule has 1 heterocycles. The van der Waals surface area contributed by atoms with Crippen molar-refractivity contribution < 1.29 is 19.0 Å². The third-order valence-corrected chi connectivity index (χ3v) is 4.50. The standard InChI is InChI=1S/C20H24N2O4/c1-22(12-17-10-14-6-4-5-7-15(14)13-26-17)20(23)21-16-8-9-18(24-2)19(11-16)25-3/h4-9,11,17H,10,12-13H2,1-3H3,(H,21,23). The Labute approximate surface area is 153 Å². The molecule has 138 valence electrons. The van der Waals surface area contributed by atoms with Crippen molar-refractivity contribution in [2.75, 3.05) is 33.1 Å². The van der Waals surface area contributed by atoms with Crippen molar-refractivity contribution in [2.24, 2.45) is 0 Å². The third kappa shape index (κ3) is 4.08. The maximum absolute atomic E-state index is 12.5. The zero-order chi connectivity index (χ0) is 18.5. The van der Waals surface area contributed by atoms with Crippen LogP contribution in [0.1, 0.15) is 11.1 Å². The van der Waals surface area contributed by atoms with Crippen LogP contribution in [0.2, 0.25) is 0 Å². The molecule has 3 rings (SSSR count). The van der Waals surface area contributed by atoms with Gasteiger partial charge < -0.3 is 24.4 Å². The fourth-order valence-electron chi connectivity index (χ4n) is 3.05. The van der Waals surface area contributed by atoms with E-state index < -0.39 is 0 Å². The highest BCUT2D eigenvalue weighted by Gasteiger charge is 2.22.